The van der Waals surface area contributed by atoms with Gasteiger partial charge in [-0.25, -0.2) is 9.59 Å². The average Bonchev–Trinajstić information content (AvgIpc) is 2.94. The number of anilines is 1. The molecule has 3 aromatic rings. The highest BCUT2D eigenvalue weighted by atomic mass is 16.5. The molecule has 6 heteroatoms. The lowest BCUT2D eigenvalue weighted by Crippen LogP contribution is -2.37. The van der Waals surface area contributed by atoms with Crippen LogP contribution in [-0.4, -0.2) is 30.7 Å². The number of carbonyl (C=O) groups is 2. The van der Waals surface area contributed by atoms with E-state index in [1.807, 2.05) is 72.8 Å². The van der Waals surface area contributed by atoms with Gasteiger partial charge in [-0.3, -0.25) is 4.90 Å². The highest BCUT2D eigenvalue weighted by molar-refractivity contribution is 5.93. The zero-order valence-electron chi connectivity index (χ0n) is 22.6. The van der Waals surface area contributed by atoms with Gasteiger partial charge in [0.15, 0.2) is 0 Å². The van der Waals surface area contributed by atoms with Crippen molar-refractivity contribution < 1.29 is 19.4 Å². The Morgan fingerprint density at radius 1 is 0.947 bits per heavy atom. The highest BCUT2D eigenvalue weighted by Crippen LogP contribution is 2.34. The molecule has 0 heterocycles. The van der Waals surface area contributed by atoms with Crippen molar-refractivity contribution in [2.24, 2.45) is 0 Å². The van der Waals surface area contributed by atoms with Gasteiger partial charge in [0.1, 0.15) is 12.4 Å². The molecule has 200 valence electrons. The number of rotatable bonds is 13. The molecule has 0 unspecified atom stereocenters. The van der Waals surface area contributed by atoms with Crippen LogP contribution in [0.4, 0.5) is 10.5 Å². The lowest BCUT2D eigenvalue weighted by atomic mass is 10.0. The van der Waals surface area contributed by atoms with Gasteiger partial charge in [0.2, 0.25) is 0 Å². The van der Waals surface area contributed by atoms with E-state index in [0.717, 1.165) is 40.8 Å². The van der Waals surface area contributed by atoms with Crippen molar-refractivity contribution in [1.82, 2.24) is 5.32 Å². The van der Waals surface area contributed by atoms with Gasteiger partial charge < -0.3 is 15.2 Å². The van der Waals surface area contributed by atoms with Gasteiger partial charge in [0, 0.05) is 30.4 Å². The van der Waals surface area contributed by atoms with E-state index in [2.05, 4.69) is 12.2 Å². The lowest BCUT2D eigenvalue weighted by molar-refractivity contribution is -0.132. The van der Waals surface area contributed by atoms with Gasteiger partial charge in [-0.1, -0.05) is 87.2 Å². The number of hydrogen-bond donors (Lipinski definition) is 2. The third-order valence-corrected chi connectivity index (χ3v) is 6.37. The van der Waals surface area contributed by atoms with Crippen molar-refractivity contribution in [3.8, 4) is 16.9 Å². The molecule has 3 aromatic carbocycles. The van der Waals surface area contributed by atoms with Crippen LogP contribution in [-0.2, 0) is 11.4 Å². The zero-order chi connectivity index (χ0) is 27.3. The van der Waals surface area contributed by atoms with Gasteiger partial charge >= 0.3 is 12.0 Å². The number of urea groups is 1. The second-order valence-electron chi connectivity index (χ2n) is 9.42. The maximum Gasteiger partial charge on any atom is 0.331 e. The van der Waals surface area contributed by atoms with Gasteiger partial charge in [0.25, 0.3) is 0 Å². The minimum absolute atomic E-state index is 0.136. The number of benzene rings is 3. The molecule has 0 spiro atoms. The molecule has 0 fully saturated rings. The predicted octanol–water partition coefficient (Wildman–Crippen LogP) is 7.54. The molecule has 38 heavy (non-hydrogen) atoms. The molecular weight excluding hydrogens is 476 g/mol. The summed E-state index contributed by atoms with van der Waals surface area (Å²) in [5, 5.41) is 12.3. The van der Waals surface area contributed by atoms with Crippen LogP contribution in [0.25, 0.3) is 17.2 Å². The summed E-state index contributed by atoms with van der Waals surface area (Å²) in [6.07, 6.45) is 7.35. The Balaban J connectivity index is 1.81. The Hall–Kier alpha value is -4.06. The Kier molecular flexibility index (Phi) is 11.0. The van der Waals surface area contributed by atoms with E-state index in [9.17, 15) is 14.7 Å². The van der Waals surface area contributed by atoms with E-state index < -0.39 is 5.97 Å². The Morgan fingerprint density at radius 2 is 1.71 bits per heavy atom. The molecule has 0 atom stereocenters. The van der Waals surface area contributed by atoms with E-state index in [1.54, 1.807) is 24.9 Å². The Labute approximate surface area is 226 Å². The van der Waals surface area contributed by atoms with Crippen LogP contribution >= 0.6 is 0 Å². The number of unbranched alkanes of at least 4 members (excludes halogenated alkanes) is 4. The maximum absolute atomic E-state index is 12.7. The first-order chi connectivity index (χ1) is 18.4. The number of hydrogen-bond acceptors (Lipinski definition) is 3. The topological polar surface area (TPSA) is 78.9 Å². The largest absolute Gasteiger partial charge is 0.488 e. The Bertz CT molecular complexity index is 1240. The molecule has 0 aliphatic heterocycles. The molecule has 0 radical (unpaired) electrons. The summed E-state index contributed by atoms with van der Waals surface area (Å²) < 4.78 is 6.23. The van der Waals surface area contributed by atoms with Crippen molar-refractivity contribution in [3.63, 3.8) is 0 Å². The SMILES string of the molecule is CCCCCCCNC(=O)N(C)c1cccc(-c2ccc(C=C(C)C(=O)O)cc2OCc2ccccc2)c1. The first-order valence-corrected chi connectivity index (χ1v) is 13.2. The van der Waals surface area contributed by atoms with E-state index in [0.29, 0.717) is 18.9 Å². The third kappa shape index (κ3) is 8.51. The first-order valence-electron chi connectivity index (χ1n) is 13.2. The van der Waals surface area contributed by atoms with E-state index in [1.165, 1.54) is 19.3 Å². The van der Waals surface area contributed by atoms with Gasteiger partial charge in [-0.2, -0.15) is 0 Å². The molecule has 6 nitrogen and oxygen atoms in total. The summed E-state index contributed by atoms with van der Waals surface area (Å²) in [4.78, 5) is 25.7. The molecule has 2 amide bonds. The zero-order valence-corrected chi connectivity index (χ0v) is 22.6. The molecule has 0 saturated heterocycles. The standard InChI is InChI=1S/C32H38N2O4/c1-4-5-6-7-11-19-33-32(37)34(3)28-16-12-15-27(22-28)29-18-17-26(20-24(2)31(35)36)21-30(29)38-23-25-13-9-8-10-14-25/h8-10,12-18,20-22H,4-7,11,19,23H2,1-3H3,(H,33,37)(H,35,36). The number of carboxylic acids is 1. The summed E-state index contributed by atoms with van der Waals surface area (Å²) in [5.74, 6) is -0.326. The number of aliphatic carboxylic acids is 1. The summed E-state index contributed by atoms with van der Waals surface area (Å²) in [6.45, 7) is 4.79. The number of carboxylic acid groups (broad SMARTS) is 1. The molecule has 3 rings (SSSR count). The number of nitrogens with one attached hydrogen (secondary N) is 1. The van der Waals surface area contributed by atoms with Crippen molar-refractivity contribution in [1.29, 1.82) is 0 Å². The number of ether oxygens (including phenoxy) is 1. The van der Waals surface area contributed by atoms with Crippen molar-refractivity contribution >= 4 is 23.8 Å². The fourth-order valence-electron chi connectivity index (χ4n) is 4.08. The average molecular weight is 515 g/mol. The summed E-state index contributed by atoms with van der Waals surface area (Å²) in [5.41, 5.74) is 4.54. The first kappa shape index (κ1) is 28.5. The van der Waals surface area contributed by atoms with Crippen LogP contribution in [0, 0.1) is 0 Å². The summed E-state index contributed by atoms with van der Waals surface area (Å²) in [7, 11) is 1.76. The Morgan fingerprint density at radius 3 is 2.45 bits per heavy atom. The van der Waals surface area contributed by atoms with Gasteiger partial charge in [-0.05, 0) is 54.3 Å². The van der Waals surface area contributed by atoms with Crippen LogP contribution in [0.3, 0.4) is 0 Å². The smallest absolute Gasteiger partial charge is 0.331 e. The van der Waals surface area contributed by atoms with Crippen molar-refractivity contribution in [2.45, 2.75) is 52.6 Å². The predicted molar refractivity (Wildman–Crippen MR) is 154 cm³/mol. The van der Waals surface area contributed by atoms with Crippen LogP contribution in [0.5, 0.6) is 5.75 Å². The lowest BCUT2D eigenvalue weighted by Gasteiger charge is -2.20. The maximum atomic E-state index is 12.7. The van der Waals surface area contributed by atoms with E-state index in [4.69, 9.17) is 4.74 Å². The minimum Gasteiger partial charge on any atom is -0.488 e. The molecular formula is C32H38N2O4. The third-order valence-electron chi connectivity index (χ3n) is 6.37. The number of carbonyl (C=O) groups excluding carboxylic acids is 1. The van der Waals surface area contributed by atoms with E-state index in [-0.39, 0.29) is 11.6 Å². The minimum atomic E-state index is -0.962. The monoisotopic (exact) mass is 514 g/mol. The normalized spacial score (nSPS) is 11.2. The second-order valence-corrected chi connectivity index (χ2v) is 9.42. The van der Waals surface area contributed by atoms with E-state index >= 15 is 0 Å². The molecule has 0 aromatic heterocycles. The summed E-state index contributed by atoms with van der Waals surface area (Å²) in [6, 6.07) is 23.2. The molecule has 0 aliphatic rings. The molecule has 2 N–H and O–H groups in total. The summed E-state index contributed by atoms with van der Waals surface area (Å²) >= 11 is 0. The fraction of sp³-hybridized carbons (Fsp3) is 0.312. The van der Waals surface area contributed by atoms with Crippen LogP contribution in [0.2, 0.25) is 0 Å². The quantitative estimate of drug-likeness (QED) is 0.182. The number of amides is 2. The molecule has 0 aliphatic carbocycles. The van der Waals surface area contributed by atoms with Crippen LogP contribution in [0.1, 0.15) is 57.1 Å². The van der Waals surface area contributed by atoms with Gasteiger partial charge in [0.05, 0.1) is 0 Å². The van der Waals surface area contributed by atoms with Gasteiger partial charge in [-0.15, -0.1) is 0 Å². The molecule has 0 bridgehead atoms. The number of nitrogens with zero attached hydrogens (tertiary/aromatic N) is 1. The van der Waals surface area contributed by atoms with Crippen LogP contribution < -0.4 is 15.0 Å². The molecule has 0 saturated carbocycles. The fourth-order valence-corrected chi connectivity index (χ4v) is 4.08. The second kappa shape index (κ2) is 14.6. The highest BCUT2D eigenvalue weighted by Gasteiger charge is 2.14. The van der Waals surface area contributed by atoms with Crippen molar-refractivity contribution in [3.05, 3.63) is 89.5 Å². The van der Waals surface area contributed by atoms with Crippen LogP contribution in [0.15, 0.2) is 78.4 Å². The van der Waals surface area contributed by atoms with Crippen molar-refractivity contribution in [2.75, 3.05) is 18.5 Å².